The maximum Gasteiger partial charge on any atom is 0.119 e. The summed E-state index contributed by atoms with van der Waals surface area (Å²) in [7, 11) is 1.66. The molecule has 0 amide bonds. The Labute approximate surface area is 139 Å². The second-order valence-electron chi connectivity index (χ2n) is 5.60. The molecule has 2 aromatic rings. The highest BCUT2D eigenvalue weighted by atomic mass is 16.5. The van der Waals surface area contributed by atoms with Crippen molar-refractivity contribution in [1.82, 2.24) is 0 Å². The SMILES string of the molecule is CC[C@@H](C)c1ccc(OCCCOc2ccc(OC)cc2)cc1. The van der Waals surface area contributed by atoms with E-state index in [1.807, 2.05) is 36.4 Å². The molecule has 3 heteroatoms. The van der Waals surface area contributed by atoms with Crippen molar-refractivity contribution in [2.45, 2.75) is 32.6 Å². The highest BCUT2D eigenvalue weighted by molar-refractivity contribution is 5.31. The second-order valence-corrected chi connectivity index (χ2v) is 5.60. The smallest absolute Gasteiger partial charge is 0.119 e. The van der Waals surface area contributed by atoms with Gasteiger partial charge >= 0.3 is 0 Å². The third-order valence-electron chi connectivity index (χ3n) is 3.95. The molecule has 0 unspecified atom stereocenters. The fourth-order valence-electron chi connectivity index (χ4n) is 2.24. The second kappa shape index (κ2) is 9.09. The van der Waals surface area contributed by atoms with Gasteiger partial charge in [0.2, 0.25) is 0 Å². The van der Waals surface area contributed by atoms with E-state index in [1.54, 1.807) is 7.11 Å². The zero-order chi connectivity index (χ0) is 16.5. The van der Waals surface area contributed by atoms with Crippen molar-refractivity contribution in [3.05, 3.63) is 54.1 Å². The predicted molar refractivity (Wildman–Crippen MR) is 93.7 cm³/mol. The molecule has 0 aromatic heterocycles. The minimum absolute atomic E-state index is 0.599. The summed E-state index contributed by atoms with van der Waals surface area (Å²) in [5.41, 5.74) is 1.36. The third kappa shape index (κ3) is 5.51. The van der Waals surface area contributed by atoms with Crippen molar-refractivity contribution in [3.63, 3.8) is 0 Å². The lowest BCUT2D eigenvalue weighted by molar-refractivity contribution is 0.247. The molecule has 1 atom stereocenters. The molecule has 2 aromatic carbocycles. The van der Waals surface area contributed by atoms with E-state index in [2.05, 4.69) is 26.0 Å². The van der Waals surface area contributed by atoms with Crippen molar-refractivity contribution < 1.29 is 14.2 Å². The van der Waals surface area contributed by atoms with Crippen LogP contribution in [0.3, 0.4) is 0 Å². The first-order valence-corrected chi connectivity index (χ1v) is 8.22. The van der Waals surface area contributed by atoms with Gasteiger partial charge in [-0.15, -0.1) is 0 Å². The van der Waals surface area contributed by atoms with Gasteiger partial charge in [0.25, 0.3) is 0 Å². The topological polar surface area (TPSA) is 27.7 Å². The molecule has 0 aliphatic heterocycles. The Balaban J connectivity index is 1.66. The summed E-state index contributed by atoms with van der Waals surface area (Å²) in [6.45, 7) is 5.74. The monoisotopic (exact) mass is 314 g/mol. The Morgan fingerprint density at radius 3 is 1.74 bits per heavy atom. The molecular formula is C20H26O3. The summed E-state index contributed by atoms with van der Waals surface area (Å²) < 4.78 is 16.5. The Bertz CT molecular complexity index is 560. The van der Waals surface area contributed by atoms with Crippen LogP contribution in [0.4, 0.5) is 0 Å². The van der Waals surface area contributed by atoms with Gasteiger partial charge in [0.15, 0.2) is 0 Å². The molecule has 0 saturated heterocycles. The molecule has 2 rings (SSSR count). The Morgan fingerprint density at radius 1 is 0.783 bits per heavy atom. The van der Waals surface area contributed by atoms with Gasteiger partial charge in [0.1, 0.15) is 17.2 Å². The maximum absolute atomic E-state index is 5.75. The molecule has 3 nitrogen and oxygen atoms in total. The van der Waals surface area contributed by atoms with Crippen LogP contribution in [0, 0.1) is 0 Å². The van der Waals surface area contributed by atoms with Crippen molar-refractivity contribution in [2.75, 3.05) is 20.3 Å². The summed E-state index contributed by atoms with van der Waals surface area (Å²) in [6.07, 6.45) is 2.00. The average Bonchev–Trinajstić information content (AvgIpc) is 2.62. The zero-order valence-electron chi connectivity index (χ0n) is 14.2. The predicted octanol–water partition coefficient (Wildman–Crippen LogP) is 5.06. The average molecular weight is 314 g/mol. The molecule has 0 bridgehead atoms. The van der Waals surface area contributed by atoms with Crippen LogP contribution in [0.5, 0.6) is 17.2 Å². The van der Waals surface area contributed by atoms with E-state index < -0.39 is 0 Å². The van der Waals surface area contributed by atoms with Crippen LogP contribution in [0.25, 0.3) is 0 Å². The minimum atomic E-state index is 0.599. The molecule has 23 heavy (non-hydrogen) atoms. The highest BCUT2D eigenvalue weighted by Crippen LogP contribution is 2.21. The molecule has 124 valence electrons. The molecule has 0 radical (unpaired) electrons. The van der Waals surface area contributed by atoms with Crippen LogP contribution in [0.1, 0.15) is 38.2 Å². The lowest BCUT2D eigenvalue weighted by Crippen LogP contribution is -2.05. The van der Waals surface area contributed by atoms with Crippen molar-refractivity contribution in [2.24, 2.45) is 0 Å². The lowest BCUT2D eigenvalue weighted by atomic mass is 9.99. The minimum Gasteiger partial charge on any atom is -0.497 e. The molecule has 0 heterocycles. The molecule has 0 saturated carbocycles. The zero-order valence-corrected chi connectivity index (χ0v) is 14.2. The number of methoxy groups -OCH3 is 1. The fraction of sp³-hybridized carbons (Fsp3) is 0.400. The van der Waals surface area contributed by atoms with Crippen LogP contribution < -0.4 is 14.2 Å². The lowest BCUT2D eigenvalue weighted by Gasteiger charge is -2.11. The van der Waals surface area contributed by atoms with Crippen molar-refractivity contribution in [1.29, 1.82) is 0 Å². The molecular weight excluding hydrogens is 288 g/mol. The van der Waals surface area contributed by atoms with Crippen molar-refractivity contribution in [3.8, 4) is 17.2 Å². The summed E-state index contributed by atoms with van der Waals surface area (Å²) in [5.74, 6) is 3.20. The quantitative estimate of drug-likeness (QED) is 0.606. The number of benzene rings is 2. The van der Waals surface area contributed by atoms with E-state index in [0.717, 1.165) is 30.1 Å². The van der Waals surface area contributed by atoms with Crippen LogP contribution in [0.15, 0.2) is 48.5 Å². The van der Waals surface area contributed by atoms with Gasteiger partial charge in [-0.1, -0.05) is 26.0 Å². The molecule has 0 aliphatic rings. The van der Waals surface area contributed by atoms with Crippen LogP contribution in [0.2, 0.25) is 0 Å². The Kier molecular flexibility index (Phi) is 6.79. The third-order valence-corrected chi connectivity index (χ3v) is 3.95. The molecule has 0 spiro atoms. The summed E-state index contributed by atoms with van der Waals surface area (Å²) in [5, 5.41) is 0. The van der Waals surface area contributed by atoms with Gasteiger partial charge in [-0.2, -0.15) is 0 Å². The van der Waals surface area contributed by atoms with Gasteiger partial charge in [-0.05, 0) is 54.3 Å². The largest absolute Gasteiger partial charge is 0.497 e. The summed E-state index contributed by atoms with van der Waals surface area (Å²) >= 11 is 0. The van der Waals surface area contributed by atoms with E-state index in [4.69, 9.17) is 14.2 Å². The van der Waals surface area contributed by atoms with Gasteiger partial charge in [0, 0.05) is 6.42 Å². The van der Waals surface area contributed by atoms with Crippen LogP contribution >= 0.6 is 0 Å². The standard InChI is InChI=1S/C20H26O3/c1-4-16(2)17-6-8-19(9-7-17)22-14-5-15-23-20-12-10-18(21-3)11-13-20/h6-13,16H,4-5,14-15H2,1-3H3/t16-/m1/s1. The van der Waals surface area contributed by atoms with E-state index in [9.17, 15) is 0 Å². The van der Waals surface area contributed by atoms with Gasteiger partial charge in [-0.3, -0.25) is 0 Å². The molecule has 0 fully saturated rings. The Morgan fingerprint density at radius 2 is 1.26 bits per heavy atom. The van der Waals surface area contributed by atoms with Gasteiger partial charge < -0.3 is 14.2 Å². The fourth-order valence-corrected chi connectivity index (χ4v) is 2.24. The molecule has 0 aliphatic carbocycles. The van der Waals surface area contributed by atoms with E-state index in [-0.39, 0.29) is 0 Å². The van der Waals surface area contributed by atoms with E-state index in [1.165, 1.54) is 5.56 Å². The molecule has 0 N–H and O–H groups in total. The first-order valence-electron chi connectivity index (χ1n) is 8.22. The summed E-state index contributed by atoms with van der Waals surface area (Å²) in [6, 6.07) is 16.0. The van der Waals surface area contributed by atoms with Gasteiger partial charge in [0.05, 0.1) is 20.3 Å². The van der Waals surface area contributed by atoms with E-state index >= 15 is 0 Å². The van der Waals surface area contributed by atoms with E-state index in [0.29, 0.717) is 19.1 Å². The van der Waals surface area contributed by atoms with Crippen LogP contribution in [-0.4, -0.2) is 20.3 Å². The number of hydrogen-bond donors (Lipinski definition) is 0. The van der Waals surface area contributed by atoms with Crippen LogP contribution in [-0.2, 0) is 0 Å². The van der Waals surface area contributed by atoms with Crippen molar-refractivity contribution >= 4 is 0 Å². The number of ether oxygens (including phenoxy) is 3. The first kappa shape index (κ1) is 17.2. The highest BCUT2D eigenvalue weighted by Gasteiger charge is 2.02. The Hall–Kier alpha value is -2.16. The normalized spacial score (nSPS) is 11.8. The van der Waals surface area contributed by atoms with Gasteiger partial charge in [-0.25, -0.2) is 0 Å². The first-order chi connectivity index (χ1) is 11.2. The number of hydrogen-bond acceptors (Lipinski definition) is 3. The summed E-state index contributed by atoms with van der Waals surface area (Å²) in [4.78, 5) is 0. The number of rotatable bonds is 9. The maximum atomic E-state index is 5.75.